The number of para-hydroxylation sites is 1. The summed E-state index contributed by atoms with van der Waals surface area (Å²) in [4.78, 5) is 4.60. The number of anilines is 1. The zero-order valence-corrected chi connectivity index (χ0v) is 11.9. The summed E-state index contributed by atoms with van der Waals surface area (Å²) in [5, 5.41) is 12.8. The summed E-state index contributed by atoms with van der Waals surface area (Å²) in [6.45, 7) is 1.59. The molecule has 1 atom stereocenters. The molecule has 1 aliphatic rings. The lowest BCUT2D eigenvalue weighted by Gasteiger charge is -2.10. The van der Waals surface area contributed by atoms with E-state index in [-0.39, 0.29) is 6.10 Å². The van der Waals surface area contributed by atoms with Gasteiger partial charge in [-0.1, -0.05) is 18.2 Å². The Labute approximate surface area is 122 Å². The third kappa shape index (κ3) is 2.12. The van der Waals surface area contributed by atoms with Crippen molar-refractivity contribution in [3.63, 3.8) is 0 Å². The number of nitrogens with zero attached hydrogens (tertiary/aromatic N) is 4. The molecular weight excluding hydrogens is 266 g/mol. The first-order valence-electron chi connectivity index (χ1n) is 7.26. The second-order valence-electron chi connectivity index (χ2n) is 5.40. The van der Waals surface area contributed by atoms with Crippen LogP contribution in [0.1, 0.15) is 12.8 Å². The van der Waals surface area contributed by atoms with Gasteiger partial charge < -0.3 is 14.6 Å². The van der Waals surface area contributed by atoms with Gasteiger partial charge in [-0.3, -0.25) is 0 Å². The summed E-state index contributed by atoms with van der Waals surface area (Å²) in [6, 6.07) is 8.14. The molecule has 0 amide bonds. The molecule has 0 spiro atoms. The summed E-state index contributed by atoms with van der Waals surface area (Å²) in [5.74, 6) is 0.559. The highest BCUT2D eigenvalue weighted by molar-refractivity contribution is 6.04. The maximum atomic E-state index is 5.59. The van der Waals surface area contributed by atoms with E-state index in [0.29, 0.717) is 5.95 Å². The first-order valence-corrected chi connectivity index (χ1v) is 7.26. The fourth-order valence-electron chi connectivity index (χ4n) is 2.89. The molecule has 0 bridgehead atoms. The number of benzene rings is 1. The van der Waals surface area contributed by atoms with Crippen molar-refractivity contribution in [2.75, 3.05) is 18.5 Å². The molecule has 3 heterocycles. The molecule has 21 heavy (non-hydrogen) atoms. The monoisotopic (exact) mass is 283 g/mol. The van der Waals surface area contributed by atoms with Crippen LogP contribution in [0.5, 0.6) is 0 Å². The molecule has 0 radical (unpaired) electrons. The lowest BCUT2D eigenvalue weighted by molar-refractivity contribution is 0.120. The molecule has 1 saturated heterocycles. The van der Waals surface area contributed by atoms with Crippen molar-refractivity contribution in [1.29, 1.82) is 0 Å². The van der Waals surface area contributed by atoms with Crippen LogP contribution in [0.15, 0.2) is 24.3 Å². The highest BCUT2D eigenvalue weighted by atomic mass is 16.5. The zero-order chi connectivity index (χ0) is 14.2. The van der Waals surface area contributed by atoms with Gasteiger partial charge in [-0.2, -0.15) is 4.98 Å². The first-order chi connectivity index (χ1) is 10.3. The smallest absolute Gasteiger partial charge is 0.244 e. The molecule has 0 aliphatic carbocycles. The average Bonchev–Trinajstić information content (AvgIpc) is 3.14. The second-order valence-corrected chi connectivity index (χ2v) is 5.40. The van der Waals surface area contributed by atoms with Crippen molar-refractivity contribution in [2.45, 2.75) is 18.9 Å². The molecule has 1 aliphatic heterocycles. The third-order valence-electron chi connectivity index (χ3n) is 4.02. The van der Waals surface area contributed by atoms with Crippen LogP contribution in [0, 0.1) is 0 Å². The largest absolute Gasteiger partial charge is 0.376 e. The number of hydrogen-bond acceptors (Lipinski definition) is 5. The van der Waals surface area contributed by atoms with Crippen LogP contribution in [0.2, 0.25) is 0 Å². The Morgan fingerprint density at radius 2 is 2.24 bits per heavy atom. The summed E-state index contributed by atoms with van der Waals surface area (Å²) in [5.41, 5.74) is 2.81. The van der Waals surface area contributed by atoms with E-state index >= 15 is 0 Å². The van der Waals surface area contributed by atoms with Crippen LogP contribution in [0.25, 0.3) is 22.1 Å². The van der Waals surface area contributed by atoms with Gasteiger partial charge in [0.15, 0.2) is 5.65 Å². The van der Waals surface area contributed by atoms with E-state index in [4.69, 9.17) is 4.74 Å². The van der Waals surface area contributed by atoms with Crippen molar-refractivity contribution < 1.29 is 4.74 Å². The van der Waals surface area contributed by atoms with Crippen LogP contribution in [-0.2, 0) is 11.8 Å². The third-order valence-corrected chi connectivity index (χ3v) is 4.02. The Morgan fingerprint density at radius 1 is 1.33 bits per heavy atom. The van der Waals surface area contributed by atoms with Gasteiger partial charge in [0.05, 0.1) is 11.6 Å². The van der Waals surface area contributed by atoms with Gasteiger partial charge >= 0.3 is 0 Å². The van der Waals surface area contributed by atoms with E-state index in [2.05, 4.69) is 31.1 Å². The number of hydrogen-bond donors (Lipinski definition) is 1. The number of rotatable bonds is 3. The summed E-state index contributed by atoms with van der Waals surface area (Å²) in [7, 11) is 2.00. The second kappa shape index (κ2) is 4.96. The minimum Gasteiger partial charge on any atom is -0.376 e. The van der Waals surface area contributed by atoms with Crippen LogP contribution in [0.3, 0.4) is 0 Å². The number of fused-ring (bicyclic) bond motifs is 3. The molecule has 0 saturated carbocycles. The summed E-state index contributed by atoms with van der Waals surface area (Å²) >= 11 is 0. The Kier molecular flexibility index (Phi) is 2.96. The van der Waals surface area contributed by atoms with E-state index in [9.17, 15) is 0 Å². The van der Waals surface area contributed by atoms with Crippen LogP contribution >= 0.6 is 0 Å². The van der Waals surface area contributed by atoms with Crippen molar-refractivity contribution in [2.24, 2.45) is 7.05 Å². The minimum absolute atomic E-state index is 0.261. The number of aryl methyl sites for hydroxylation is 1. The minimum atomic E-state index is 0.261. The van der Waals surface area contributed by atoms with E-state index in [1.54, 1.807) is 0 Å². The number of nitrogens with one attached hydrogen (secondary N) is 1. The lowest BCUT2D eigenvalue weighted by atomic mass is 10.2. The summed E-state index contributed by atoms with van der Waals surface area (Å²) < 4.78 is 7.64. The van der Waals surface area contributed by atoms with Gasteiger partial charge in [0.1, 0.15) is 5.52 Å². The van der Waals surface area contributed by atoms with Crippen molar-refractivity contribution in [1.82, 2.24) is 19.7 Å². The Bertz CT molecular complexity index is 791. The molecule has 6 heteroatoms. The predicted molar refractivity (Wildman–Crippen MR) is 81.3 cm³/mol. The van der Waals surface area contributed by atoms with Gasteiger partial charge in [-0.05, 0) is 18.9 Å². The molecule has 3 aromatic rings. The van der Waals surface area contributed by atoms with Crippen molar-refractivity contribution in [3.8, 4) is 0 Å². The molecule has 1 N–H and O–H groups in total. The lowest BCUT2D eigenvalue weighted by Crippen LogP contribution is -2.19. The van der Waals surface area contributed by atoms with Gasteiger partial charge in [-0.25, -0.2) is 0 Å². The number of ether oxygens (including phenoxy) is 1. The highest BCUT2D eigenvalue weighted by Crippen LogP contribution is 2.24. The van der Waals surface area contributed by atoms with E-state index < -0.39 is 0 Å². The summed E-state index contributed by atoms with van der Waals surface area (Å²) in [6.07, 6.45) is 2.49. The number of aromatic nitrogens is 4. The molecule has 6 nitrogen and oxygen atoms in total. The van der Waals surface area contributed by atoms with Gasteiger partial charge in [0.25, 0.3) is 0 Å². The van der Waals surface area contributed by atoms with Gasteiger partial charge in [0, 0.05) is 25.6 Å². The Balaban J connectivity index is 1.68. The topological polar surface area (TPSA) is 64.9 Å². The normalized spacial score (nSPS) is 18.6. The SMILES string of the molecule is Cn1c2ccccc2c2nnc(NCC3CCCO3)nc21. The maximum Gasteiger partial charge on any atom is 0.244 e. The van der Waals surface area contributed by atoms with Crippen LogP contribution in [-0.4, -0.2) is 39.0 Å². The van der Waals surface area contributed by atoms with Gasteiger partial charge in [0.2, 0.25) is 5.95 Å². The van der Waals surface area contributed by atoms with Crippen LogP contribution in [0.4, 0.5) is 5.95 Å². The standard InChI is InChI=1S/C15H17N5O/c1-20-12-7-3-2-6-11(12)13-14(20)17-15(19-18-13)16-9-10-5-4-8-21-10/h2-3,6-7,10H,4-5,8-9H2,1H3,(H,16,17,19). The Hall–Kier alpha value is -2.21. The fraction of sp³-hybridized carbons (Fsp3) is 0.400. The van der Waals surface area contributed by atoms with Gasteiger partial charge in [-0.15, -0.1) is 10.2 Å². The van der Waals surface area contributed by atoms with Crippen molar-refractivity contribution >= 4 is 28.0 Å². The zero-order valence-electron chi connectivity index (χ0n) is 11.9. The van der Waals surface area contributed by atoms with Crippen molar-refractivity contribution in [3.05, 3.63) is 24.3 Å². The molecule has 108 valence electrons. The first kappa shape index (κ1) is 12.5. The quantitative estimate of drug-likeness (QED) is 0.797. The van der Waals surface area contributed by atoms with Crippen LogP contribution < -0.4 is 5.32 Å². The molecule has 1 aromatic carbocycles. The van der Waals surface area contributed by atoms with E-state index in [1.807, 2.05) is 25.2 Å². The van der Waals surface area contributed by atoms with E-state index in [0.717, 1.165) is 48.1 Å². The highest BCUT2D eigenvalue weighted by Gasteiger charge is 2.16. The molecule has 1 fully saturated rings. The average molecular weight is 283 g/mol. The fourth-order valence-corrected chi connectivity index (χ4v) is 2.89. The Morgan fingerprint density at radius 3 is 3.10 bits per heavy atom. The molecule has 2 aromatic heterocycles. The van der Waals surface area contributed by atoms with E-state index in [1.165, 1.54) is 0 Å². The maximum absolute atomic E-state index is 5.59. The molecular formula is C15H17N5O. The molecule has 1 unspecified atom stereocenters. The molecule has 4 rings (SSSR count). The predicted octanol–water partition coefficient (Wildman–Crippen LogP) is 2.11.